The summed E-state index contributed by atoms with van der Waals surface area (Å²) in [7, 11) is 0. The quantitative estimate of drug-likeness (QED) is 0.915. The lowest BCUT2D eigenvalue weighted by Crippen LogP contribution is -2.01. The molecular weight excluding hydrogens is 290 g/mol. The van der Waals surface area contributed by atoms with Gasteiger partial charge in [-0.3, -0.25) is 0 Å². The van der Waals surface area contributed by atoms with Crippen molar-refractivity contribution < 1.29 is 0 Å². The van der Waals surface area contributed by atoms with Gasteiger partial charge in [0.05, 0.1) is 0 Å². The lowest BCUT2D eigenvalue weighted by molar-refractivity contribution is 0.818. The molecule has 0 bridgehead atoms. The summed E-state index contributed by atoms with van der Waals surface area (Å²) < 4.78 is 1.08. The Balaban J connectivity index is 2.53. The van der Waals surface area contributed by atoms with Crippen LogP contribution in [0.15, 0.2) is 28.7 Å². The third kappa shape index (κ3) is 2.70. The van der Waals surface area contributed by atoms with Gasteiger partial charge in [-0.1, -0.05) is 35.8 Å². The maximum absolute atomic E-state index is 5.84. The van der Waals surface area contributed by atoms with Crippen LogP contribution in [0.25, 0.3) is 11.4 Å². The van der Waals surface area contributed by atoms with Gasteiger partial charge in [0, 0.05) is 21.8 Å². The van der Waals surface area contributed by atoms with Gasteiger partial charge >= 0.3 is 0 Å². The van der Waals surface area contributed by atoms with Gasteiger partial charge in [0.15, 0.2) is 5.82 Å². The predicted octanol–water partition coefficient (Wildman–Crippen LogP) is 3.92. The van der Waals surface area contributed by atoms with Crippen LogP contribution >= 0.6 is 15.9 Å². The van der Waals surface area contributed by atoms with E-state index in [0.717, 1.165) is 21.3 Å². The van der Waals surface area contributed by atoms with E-state index in [2.05, 4.69) is 45.8 Å². The second kappa shape index (κ2) is 5.06. The summed E-state index contributed by atoms with van der Waals surface area (Å²) in [4.78, 5) is 8.88. The largest absolute Gasteiger partial charge is 0.384 e. The molecule has 0 spiro atoms. The molecule has 1 aromatic carbocycles. The Kier molecular flexibility index (Phi) is 3.66. The molecule has 3 nitrogen and oxygen atoms in total. The van der Waals surface area contributed by atoms with E-state index >= 15 is 0 Å². The Morgan fingerprint density at radius 1 is 1.17 bits per heavy atom. The zero-order chi connectivity index (χ0) is 13.3. The summed E-state index contributed by atoms with van der Waals surface area (Å²) in [5, 5.41) is 0. The molecular formula is C14H16BrN3. The third-order valence-corrected chi connectivity index (χ3v) is 3.66. The molecule has 0 saturated carbocycles. The minimum absolute atomic E-state index is 0.339. The highest BCUT2D eigenvalue weighted by atomic mass is 79.9. The first-order valence-electron chi connectivity index (χ1n) is 5.88. The molecule has 18 heavy (non-hydrogen) atoms. The van der Waals surface area contributed by atoms with Crippen LogP contribution in [0, 0.1) is 6.92 Å². The second-order valence-corrected chi connectivity index (χ2v) is 5.51. The van der Waals surface area contributed by atoms with Crippen LogP contribution < -0.4 is 5.73 Å². The Bertz CT molecular complexity index is 579. The van der Waals surface area contributed by atoms with Crippen molar-refractivity contribution in [2.75, 3.05) is 5.73 Å². The Labute approximate surface area is 116 Å². The molecule has 0 amide bonds. The molecule has 0 aliphatic heterocycles. The molecule has 2 aromatic rings. The standard InChI is InChI=1S/C14H16BrN3/c1-8(2)12-7-13(16)18-14(17-12)10-4-5-11(15)9(3)6-10/h4-8H,1-3H3,(H2,16,17,18). The third-order valence-electron chi connectivity index (χ3n) is 2.77. The first-order chi connectivity index (χ1) is 8.47. The zero-order valence-corrected chi connectivity index (χ0v) is 12.3. The summed E-state index contributed by atoms with van der Waals surface area (Å²) in [6.45, 7) is 6.24. The fraction of sp³-hybridized carbons (Fsp3) is 0.286. The van der Waals surface area contributed by atoms with Crippen molar-refractivity contribution in [3.63, 3.8) is 0 Å². The molecule has 1 heterocycles. The van der Waals surface area contributed by atoms with Crippen LogP contribution in [0.3, 0.4) is 0 Å². The van der Waals surface area contributed by atoms with E-state index in [-0.39, 0.29) is 0 Å². The number of hydrogen-bond acceptors (Lipinski definition) is 3. The topological polar surface area (TPSA) is 51.8 Å². The van der Waals surface area contributed by atoms with E-state index in [1.165, 1.54) is 0 Å². The van der Waals surface area contributed by atoms with Crippen molar-refractivity contribution in [2.45, 2.75) is 26.7 Å². The molecule has 0 aliphatic carbocycles. The van der Waals surface area contributed by atoms with E-state index in [0.29, 0.717) is 17.6 Å². The molecule has 0 saturated heterocycles. The zero-order valence-electron chi connectivity index (χ0n) is 10.7. The first kappa shape index (κ1) is 13.0. The fourth-order valence-electron chi connectivity index (χ4n) is 1.69. The van der Waals surface area contributed by atoms with E-state index in [1.54, 1.807) is 0 Å². The number of rotatable bonds is 2. The predicted molar refractivity (Wildman–Crippen MR) is 78.4 cm³/mol. The molecule has 1 aromatic heterocycles. The average Bonchev–Trinajstić information content (AvgIpc) is 2.31. The number of aryl methyl sites for hydroxylation is 1. The van der Waals surface area contributed by atoms with E-state index < -0.39 is 0 Å². The Morgan fingerprint density at radius 2 is 1.89 bits per heavy atom. The lowest BCUT2D eigenvalue weighted by atomic mass is 10.1. The van der Waals surface area contributed by atoms with Gasteiger partial charge in [0.2, 0.25) is 0 Å². The van der Waals surface area contributed by atoms with Gasteiger partial charge < -0.3 is 5.73 Å². The van der Waals surface area contributed by atoms with Crippen LogP contribution in [-0.2, 0) is 0 Å². The van der Waals surface area contributed by atoms with Crippen molar-refractivity contribution in [3.8, 4) is 11.4 Å². The molecule has 0 aliphatic rings. The van der Waals surface area contributed by atoms with E-state index in [4.69, 9.17) is 5.73 Å². The van der Waals surface area contributed by atoms with Gasteiger partial charge in [-0.25, -0.2) is 9.97 Å². The molecule has 0 unspecified atom stereocenters. The number of nitrogens with zero attached hydrogens (tertiary/aromatic N) is 2. The molecule has 4 heteroatoms. The number of anilines is 1. The number of nitrogen functional groups attached to an aromatic ring is 1. The maximum atomic E-state index is 5.84. The Hall–Kier alpha value is -1.42. The lowest BCUT2D eigenvalue weighted by Gasteiger charge is -2.09. The van der Waals surface area contributed by atoms with Crippen LogP contribution in [0.1, 0.15) is 31.0 Å². The van der Waals surface area contributed by atoms with Crippen LogP contribution in [-0.4, -0.2) is 9.97 Å². The second-order valence-electron chi connectivity index (χ2n) is 4.66. The maximum Gasteiger partial charge on any atom is 0.161 e. The minimum Gasteiger partial charge on any atom is -0.384 e. The SMILES string of the molecule is Cc1cc(-c2nc(N)cc(C(C)C)n2)ccc1Br. The van der Waals surface area contributed by atoms with Gasteiger partial charge in [-0.2, -0.15) is 0 Å². The molecule has 2 N–H and O–H groups in total. The highest BCUT2D eigenvalue weighted by Crippen LogP contribution is 2.24. The van der Waals surface area contributed by atoms with Crippen molar-refractivity contribution in [3.05, 3.63) is 40.0 Å². The molecule has 94 valence electrons. The number of nitrogens with two attached hydrogens (primary N) is 1. The first-order valence-corrected chi connectivity index (χ1v) is 6.67. The summed E-state index contributed by atoms with van der Waals surface area (Å²) in [5.41, 5.74) is 8.96. The number of benzene rings is 1. The van der Waals surface area contributed by atoms with Crippen molar-refractivity contribution in [1.29, 1.82) is 0 Å². The summed E-state index contributed by atoms with van der Waals surface area (Å²) in [6.07, 6.45) is 0. The van der Waals surface area contributed by atoms with Crippen molar-refractivity contribution in [2.24, 2.45) is 0 Å². The van der Waals surface area contributed by atoms with Crippen molar-refractivity contribution >= 4 is 21.7 Å². The molecule has 0 radical (unpaired) electrons. The Morgan fingerprint density at radius 3 is 2.50 bits per heavy atom. The summed E-state index contributed by atoms with van der Waals surface area (Å²) in [6, 6.07) is 7.89. The van der Waals surface area contributed by atoms with Gasteiger partial charge in [-0.15, -0.1) is 0 Å². The highest BCUT2D eigenvalue weighted by Gasteiger charge is 2.09. The smallest absolute Gasteiger partial charge is 0.161 e. The summed E-state index contributed by atoms with van der Waals surface area (Å²) in [5.74, 6) is 1.55. The minimum atomic E-state index is 0.339. The molecule has 2 rings (SSSR count). The monoisotopic (exact) mass is 305 g/mol. The number of aromatic nitrogens is 2. The van der Waals surface area contributed by atoms with Crippen LogP contribution in [0.5, 0.6) is 0 Å². The normalized spacial score (nSPS) is 10.9. The summed E-state index contributed by atoms with van der Waals surface area (Å²) >= 11 is 3.49. The average molecular weight is 306 g/mol. The van der Waals surface area contributed by atoms with Crippen LogP contribution in [0.2, 0.25) is 0 Å². The molecule has 0 fully saturated rings. The number of hydrogen-bond donors (Lipinski definition) is 1. The molecule has 0 atom stereocenters. The van der Waals surface area contributed by atoms with Gasteiger partial charge in [0.1, 0.15) is 5.82 Å². The van der Waals surface area contributed by atoms with E-state index in [1.807, 2.05) is 25.1 Å². The fourth-order valence-corrected chi connectivity index (χ4v) is 1.94. The van der Waals surface area contributed by atoms with Crippen molar-refractivity contribution in [1.82, 2.24) is 9.97 Å². The van der Waals surface area contributed by atoms with Gasteiger partial charge in [-0.05, 0) is 30.5 Å². The highest BCUT2D eigenvalue weighted by molar-refractivity contribution is 9.10. The number of halogens is 1. The van der Waals surface area contributed by atoms with Gasteiger partial charge in [0.25, 0.3) is 0 Å². The van der Waals surface area contributed by atoms with E-state index in [9.17, 15) is 0 Å². The van der Waals surface area contributed by atoms with Crippen LogP contribution in [0.4, 0.5) is 5.82 Å².